The van der Waals surface area contributed by atoms with Crippen LogP contribution in [-0.4, -0.2) is 25.6 Å². The van der Waals surface area contributed by atoms with E-state index in [1.807, 2.05) is 38.2 Å². The van der Waals surface area contributed by atoms with E-state index in [1.54, 1.807) is 19.3 Å². The molecule has 1 unspecified atom stereocenters. The molecule has 0 saturated heterocycles. The molecule has 1 amide bonds. The Morgan fingerprint density at radius 2 is 1.92 bits per heavy atom. The summed E-state index contributed by atoms with van der Waals surface area (Å²) < 4.78 is 5.10. The van der Waals surface area contributed by atoms with Crippen LogP contribution in [0.5, 0.6) is 0 Å². The van der Waals surface area contributed by atoms with Crippen molar-refractivity contribution >= 4 is 5.91 Å². The van der Waals surface area contributed by atoms with Gasteiger partial charge in [-0.15, -0.1) is 0 Å². The Morgan fingerprint density at radius 1 is 1.19 bits per heavy atom. The van der Waals surface area contributed by atoms with Crippen molar-refractivity contribution in [2.24, 2.45) is 0 Å². The molecule has 0 aliphatic rings. The molecule has 144 valence electrons. The number of ether oxygens (including phenoxy) is 1. The predicted molar refractivity (Wildman–Crippen MR) is 112 cm³/mol. The van der Waals surface area contributed by atoms with E-state index in [4.69, 9.17) is 4.74 Å². The number of nitrogens with one attached hydrogen (secondary N) is 2. The summed E-state index contributed by atoms with van der Waals surface area (Å²) >= 11 is 0. The Bertz CT molecular complexity index is 569. The summed E-state index contributed by atoms with van der Waals surface area (Å²) in [7, 11) is 1.62. The summed E-state index contributed by atoms with van der Waals surface area (Å²) in [6, 6.07) is -0.310. The highest BCUT2D eigenvalue weighted by atomic mass is 16.5. The second-order valence-electron chi connectivity index (χ2n) is 5.80. The van der Waals surface area contributed by atoms with Crippen molar-refractivity contribution in [1.82, 2.24) is 10.6 Å². The highest BCUT2D eigenvalue weighted by Gasteiger charge is 2.15. The first-order chi connectivity index (χ1) is 12.5. The Labute approximate surface area is 159 Å². The summed E-state index contributed by atoms with van der Waals surface area (Å²) in [6.45, 7) is 13.9. The molecule has 4 heteroatoms. The van der Waals surface area contributed by atoms with E-state index in [0.717, 1.165) is 29.9 Å². The molecule has 0 radical (unpaired) electrons. The summed E-state index contributed by atoms with van der Waals surface area (Å²) in [4.78, 5) is 12.5. The first-order valence-electron chi connectivity index (χ1n) is 9.09. The molecule has 0 aliphatic carbocycles. The van der Waals surface area contributed by atoms with Gasteiger partial charge in [-0.05, 0) is 43.6 Å². The van der Waals surface area contributed by atoms with Gasteiger partial charge in [0.15, 0.2) is 0 Å². The second kappa shape index (κ2) is 14.8. The van der Waals surface area contributed by atoms with Crippen molar-refractivity contribution in [3.63, 3.8) is 0 Å². The summed E-state index contributed by atoms with van der Waals surface area (Å²) in [5.74, 6) is 0.744. The zero-order chi connectivity index (χ0) is 19.8. The topological polar surface area (TPSA) is 50.4 Å². The Morgan fingerprint density at radius 3 is 2.46 bits per heavy atom. The van der Waals surface area contributed by atoms with Gasteiger partial charge in [0.1, 0.15) is 6.04 Å². The van der Waals surface area contributed by atoms with Gasteiger partial charge >= 0.3 is 0 Å². The average molecular weight is 359 g/mol. The van der Waals surface area contributed by atoms with E-state index in [9.17, 15) is 4.79 Å². The van der Waals surface area contributed by atoms with Gasteiger partial charge in [-0.3, -0.25) is 4.79 Å². The molecule has 0 saturated carbocycles. The fraction of sp³-hybridized carbons (Fsp3) is 0.409. The molecular formula is C22H34N2O2. The number of methoxy groups -OCH3 is 1. The van der Waals surface area contributed by atoms with Gasteiger partial charge in [0.25, 0.3) is 0 Å². The molecule has 0 rings (SSSR count). The van der Waals surface area contributed by atoms with E-state index >= 15 is 0 Å². The van der Waals surface area contributed by atoms with Gasteiger partial charge in [0, 0.05) is 12.2 Å². The number of allylic oxidation sites excluding steroid dienone is 7. The number of carbonyl (C=O) groups is 1. The van der Waals surface area contributed by atoms with Gasteiger partial charge in [-0.25, -0.2) is 0 Å². The minimum absolute atomic E-state index is 0.0495. The van der Waals surface area contributed by atoms with Crippen LogP contribution in [0.2, 0.25) is 0 Å². The lowest BCUT2D eigenvalue weighted by atomic mass is 10.1. The Balaban J connectivity index is 4.88. The molecule has 0 heterocycles. The smallest absolute Gasteiger partial charge is 0.242 e. The zero-order valence-electron chi connectivity index (χ0n) is 16.7. The van der Waals surface area contributed by atoms with Crippen LogP contribution in [0.25, 0.3) is 0 Å². The highest BCUT2D eigenvalue weighted by molar-refractivity contribution is 5.82. The van der Waals surface area contributed by atoms with Crippen LogP contribution in [0.15, 0.2) is 72.7 Å². The number of carbonyl (C=O) groups excluding carboxylic acids is 1. The zero-order valence-corrected chi connectivity index (χ0v) is 16.7. The van der Waals surface area contributed by atoms with Crippen LogP contribution >= 0.6 is 0 Å². The predicted octanol–water partition coefficient (Wildman–Crippen LogP) is 4.56. The van der Waals surface area contributed by atoms with Gasteiger partial charge in [0.05, 0.1) is 12.9 Å². The highest BCUT2D eigenvalue weighted by Crippen LogP contribution is 2.03. The fourth-order valence-corrected chi connectivity index (χ4v) is 2.01. The number of hydrogen-bond acceptors (Lipinski definition) is 3. The maximum atomic E-state index is 12.5. The van der Waals surface area contributed by atoms with Crippen LogP contribution in [0.1, 0.15) is 40.0 Å². The normalized spacial score (nSPS) is 14.1. The summed E-state index contributed by atoms with van der Waals surface area (Å²) in [5, 5.41) is 6.23. The Kier molecular flexibility index (Phi) is 13.4. The van der Waals surface area contributed by atoms with Gasteiger partial charge in [-0.1, -0.05) is 57.7 Å². The van der Waals surface area contributed by atoms with E-state index in [-0.39, 0.29) is 11.9 Å². The van der Waals surface area contributed by atoms with E-state index in [0.29, 0.717) is 13.0 Å². The van der Waals surface area contributed by atoms with Crippen molar-refractivity contribution < 1.29 is 9.53 Å². The van der Waals surface area contributed by atoms with E-state index < -0.39 is 0 Å². The van der Waals surface area contributed by atoms with E-state index in [1.165, 1.54) is 0 Å². The number of unbranched alkanes of at least 4 members (excludes halogenated alkanes) is 1. The lowest BCUT2D eigenvalue weighted by molar-refractivity contribution is -0.122. The second-order valence-corrected chi connectivity index (χ2v) is 5.80. The molecule has 0 fully saturated rings. The van der Waals surface area contributed by atoms with Gasteiger partial charge in [0.2, 0.25) is 5.91 Å². The van der Waals surface area contributed by atoms with Crippen molar-refractivity contribution in [3.8, 4) is 0 Å². The number of rotatable bonds is 13. The van der Waals surface area contributed by atoms with Crippen LogP contribution in [0.4, 0.5) is 0 Å². The molecule has 0 aromatic heterocycles. The molecule has 26 heavy (non-hydrogen) atoms. The van der Waals surface area contributed by atoms with E-state index in [2.05, 4.69) is 36.8 Å². The summed E-state index contributed by atoms with van der Waals surface area (Å²) in [5.41, 5.74) is 1.79. The van der Waals surface area contributed by atoms with Crippen molar-refractivity contribution in [2.45, 2.75) is 46.1 Å². The lowest BCUT2D eigenvalue weighted by Crippen LogP contribution is -2.43. The van der Waals surface area contributed by atoms with Crippen molar-refractivity contribution in [2.75, 3.05) is 13.7 Å². The number of hydrogen-bond donors (Lipinski definition) is 2. The largest absolute Gasteiger partial charge is 0.501 e. The van der Waals surface area contributed by atoms with Gasteiger partial charge in [-0.2, -0.15) is 0 Å². The maximum absolute atomic E-state index is 12.5. The molecular weight excluding hydrogens is 324 g/mol. The van der Waals surface area contributed by atoms with Crippen LogP contribution in [-0.2, 0) is 9.53 Å². The molecule has 2 N–H and O–H groups in total. The van der Waals surface area contributed by atoms with Crippen molar-refractivity contribution in [3.05, 3.63) is 72.7 Å². The summed E-state index contributed by atoms with van der Waals surface area (Å²) in [6.07, 6.45) is 15.9. The van der Waals surface area contributed by atoms with Crippen LogP contribution < -0.4 is 10.6 Å². The van der Waals surface area contributed by atoms with Crippen molar-refractivity contribution in [1.29, 1.82) is 0 Å². The lowest BCUT2D eigenvalue weighted by Gasteiger charge is -2.19. The Hall–Kier alpha value is -2.49. The maximum Gasteiger partial charge on any atom is 0.242 e. The quantitative estimate of drug-likeness (QED) is 0.375. The molecule has 0 aromatic rings. The third-order valence-corrected chi connectivity index (χ3v) is 3.70. The molecule has 0 aliphatic heterocycles. The first-order valence-corrected chi connectivity index (χ1v) is 9.09. The van der Waals surface area contributed by atoms with Crippen LogP contribution in [0, 0.1) is 0 Å². The molecule has 1 atom stereocenters. The number of amides is 1. The fourth-order valence-electron chi connectivity index (χ4n) is 2.01. The average Bonchev–Trinajstić information content (AvgIpc) is 2.65. The molecule has 0 bridgehead atoms. The minimum atomic E-state index is -0.310. The minimum Gasteiger partial charge on any atom is -0.501 e. The standard InChI is InChI=1S/C22H34N2O2/c1-7-11-12-14-20(13-8-2)24-21(10-4)22(25)23-17-19(9-3)16-15-18(5)26-6/h8-9,12-16,21,24H,2-3,7,10-11,17H2,1,4-6H3,(H,23,25)/b14-12-,18-15+,19-16+,20-13+. The molecule has 4 nitrogen and oxygen atoms in total. The monoisotopic (exact) mass is 358 g/mol. The third-order valence-electron chi connectivity index (χ3n) is 3.70. The first kappa shape index (κ1) is 23.5. The SMILES string of the molecule is C=C/C=C(\C=C/CCC)NC(CC)C(=O)NC/C(C=C)=C/C=C(\C)OC. The molecule has 0 spiro atoms. The molecule has 0 aromatic carbocycles. The third kappa shape index (κ3) is 10.4. The van der Waals surface area contributed by atoms with Gasteiger partial charge < -0.3 is 15.4 Å². The van der Waals surface area contributed by atoms with Crippen LogP contribution in [0.3, 0.4) is 0 Å².